The Labute approximate surface area is 114 Å². The van der Waals surface area contributed by atoms with Crippen LogP contribution in [0, 0.1) is 0 Å². The van der Waals surface area contributed by atoms with E-state index < -0.39 is 0 Å². The number of rotatable bonds is 9. The van der Waals surface area contributed by atoms with Crippen molar-refractivity contribution in [2.45, 2.75) is 53.0 Å². The summed E-state index contributed by atoms with van der Waals surface area (Å²) >= 11 is 1.71. The van der Waals surface area contributed by atoms with Gasteiger partial charge in [-0.1, -0.05) is 20.8 Å². The Kier molecular flexibility index (Phi) is 7.42. The lowest BCUT2D eigenvalue weighted by molar-refractivity contribution is 0.120. The first kappa shape index (κ1) is 15.6. The van der Waals surface area contributed by atoms with E-state index in [2.05, 4.69) is 31.1 Å². The molecule has 0 amide bonds. The third kappa shape index (κ3) is 5.44. The highest BCUT2D eigenvalue weighted by atomic mass is 32.1. The van der Waals surface area contributed by atoms with Gasteiger partial charge in [0.25, 0.3) is 0 Å². The fourth-order valence-corrected chi connectivity index (χ4v) is 2.45. The molecule has 1 heterocycles. The molecule has 0 spiro atoms. The number of nitrogens with zero attached hydrogens (tertiary/aromatic N) is 1. The van der Waals surface area contributed by atoms with Gasteiger partial charge in [-0.25, -0.2) is 4.98 Å². The van der Waals surface area contributed by atoms with Crippen molar-refractivity contribution in [1.29, 1.82) is 0 Å². The predicted molar refractivity (Wildman–Crippen MR) is 74.7 cm³/mol. The molecular weight excluding hydrogens is 248 g/mol. The quantitative estimate of drug-likeness (QED) is 0.702. The van der Waals surface area contributed by atoms with E-state index in [4.69, 9.17) is 9.47 Å². The third-order valence-corrected chi connectivity index (χ3v) is 3.42. The Morgan fingerprint density at radius 1 is 1.33 bits per heavy atom. The number of nitrogens with one attached hydrogen (secondary N) is 1. The van der Waals surface area contributed by atoms with Crippen LogP contribution in [0.3, 0.4) is 0 Å². The van der Waals surface area contributed by atoms with E-state index in [1.165, 1.54) is 4.88 Å². The summed E-state index contributed by atoms with van der Waals surface area (Å²) in [6, 6.07) is 0.474. The van der Waals surface area contributed by atoms with Gasteiger partial charge in [0.15, 0.2) is 0 Å². The summed E-state index contributed by atoms with van der Waals surface area (Å²) in [5.41, 5.74) is 1.03. The highest BCUT2D eigenvalue weighted by Crippen LogP contribution is 2.20. The van der Waals surface area contributed by atoms with Crippen LogP contribution in [0.15, 0.2) is 0 Å². The molecule has 104 valence electrons. The molecule has 1 aromatic heterocycles. The molecule has 4 nitrogen and oxygen atoms in total. The summed E-state index contributed by atoms with van der Waals surface area (Å²) in [5.74, 6) is 0. The van der Waals surface area contributed by atoms with E-state index in [-0.39, 0.29) is 0 Å². The van der Waals surface area contributed by atoms with Gasteiger partial charge < -0.3 is 14.8 Å². The smallest absolute Gasteiger partial charge is 0.119 e. The summed E-state index contributed by atoms with van der Waals surface area (Å²) in [7, 11) is 1.70. The molecule has 0 aliphatic heterocycles. The van der Waals surface area contributed by atoms with Crippen LogP contribution < -0.4 is 5.32 Å². The number of thiazole rings is 1. The van der Waals surface area contributed by atoms with Gasteiger partial charge >= 0.3 is 0 Å². The van der Waals surface area contributed by atoms with Crippen molar-refractivity contribution in [2.24, 2.45) is 0 Å². The maximum atomic E-state index is 5.53. The first-order valence-corrected chi connectivity index (χ1v) is 7.26. The lowest BCUT2D eigenvalue weighted by Gasteiger charge is -2.07. The van der Waals surface area contributed by atoms with E-state index in [1.54, 1.807) is 18.4 Å². The average Bonchev–Trinajstić information content (AvgIpc) is 2.70. The van der Waals surface area contributed by atoms with Crippen molar-refractivity contribution in [3.8, 4) is 0 Å². The number of hydrogen-bond acceptors (Lipinski definition) is 5. The maximum Gasteiger partial charge on any atom is 0.119 e. The molecule has 0 saturated heterocycles. The lowest BCUT2D eigenvalue weighted by atomic mass is 10.3. The molecule has 0 aliphatic rings. The molecule has 1 N–H and O–H groups in total. The molecule has 18 heavy (non-hydrogen) atoms. The van der Waals surface area contributed by atoms with Gasteiger partial charge in [-0.2, -0.15) is 0 Å². The second-order valence-corrected chi connectivity index (χ2v) is 5.67. The maximum absolute atomic E-state index is 5.53. The van der Waals surface area contributed by atoms with Gasteiger partial charge in [-0.3, -0.25) is 0 Å². The topological polar surface area (TPSA) is 43.4 Å². The van der Waals surface area contributed by atoms with Gasteiger partial charge in [-0.15, -0.1) is 11.3 Å². The van der Waals surface area contributed by atoms with E-state index in [0.29, 0.717) is 19.3 Å². The zero-order valence-corrected chi connectivity index (χ0v) is 12.6. The van der Waals surface area contributed by atoms with Crippen LogP contribution in [0.25, 0.3) is 0 Å². The van der Waals surface area contributed by atoms with Gasteiger partial charge in [0.05, 0.1) is 18.9 Å². The monoisotopic (exact) mass is 272 g/mol. The van der Waals surface area contributed by atoms with E-state index in [1.807, 2.05) is 0 Å². The van der Waals surface area contributed by atoms with Crippen molar-refractivity contribution in [1.82, 2.24) is 10.3 Å². The molecule has 1 aromatic rings. The Bertz CT molecular complexity index is 340. The minimum absolute atomic E-state index is 0.474. The van der Waals surface area contributed by atoms with Gasteiger partial charge in [0.2, 0.25) is 0 Å². The molecule has 0 bridgehead atoms. The molecule has 0 atom stereocenters. The Morgan fingerprint density at radius 3 is 2.72 bits per heavy atom. The highest BCUT2D eigenvalue weighted by molar-refractivity contribution is 7.11. The molecule has 0 aromatic carbocycles. The second-order valence-electron chi connectivity index (χ2n) is 4.50. The zero-order valence-electron chi connectivity index (χ0n) is 11.8. The minimum Gasteiger partial charge on any atom is -0.378 e. The van der Waals surface area contributed by atoms with Crippen molar-refractivity contribution in [3.63, 3.8) is 0 Å². The van der Waals surface area contributed by atoms with Crippen molar-refractivity contribution < 1.29 is 9.47 Å². The van der Waals surface area contributed by atoms with E-state index >= 15 is 0 Å². The first-order chi connectivity index (χ1) is 8.67. The molecule has 0 aliphatic carbocycles. The van der Waals surface area contributed by atoms with Gasteiger partial charge in [-0.05, 0) is 6.42 Å². The second kappa shape index (κ2) is 8.58. The normalized spacial score (nSPS) is 11.4. The molecule has 1 rings (SSSR count). The van der Waals surface area contributed by atoms with Crippen LogP contribution in [0.4, 0.5) is 0 Å². The van der Waals surface area contributed by atoms with Crippen LogP contribution in [0.2, 0.25) is 0 Å². The fourth-order valence-electron chi connectivity index (χ4n) is 1.49. The minimum atomic E-state index is 0.474. The summed E-state index contributed by atoms with van der Waals surface area (Å²) in [4.78, 5) is 5.83. The van der Waals surface area contributed by atoms with Crippen LogP contribution in [0.5, 0.6) is 0 Å². The summed E-state index contributed by atoms with van der Waals surface area (Å²) in [6.07, 6.45) is 1.04. The number of methoxy groups -OCH3 is 1. The number of aromatic nitrogens is 1. The molecule has 0 unspecified atom stereocenters. The Hall–Kier alpha value is -0.490. The summed E-state index contributed by atoms with van der Waals surface area (Å²) in [6.45, 7) is 9.21. The van der Waals surface area contributed by atoms with Gasteiger partial charge in [0, 0.05) is 31.2 Å². The summed E-state index contributed by atoms with van der Waals surface area (Å²) < 4.78 is 10.7. The van der Waals surface area contributed by atoms with E-state index in [9.17, 15) is 0 Å². The molecule has 5 heteroatoms. The fraction of sp³-hybridized carbons (Fsp3) is 0.769. The first-order valence-electron chi connectivity index (χ1n) is 6.44. The van der Waals surface area contributed by atoms with Crippen molar-refractivity contribution >= 4 is 11.3 Å². The third-order valence-electron chi connectivity index (χ3n) is 2.35. The average molecular weight is 272 g/mol. The van der Waals surface area contributed by atoms with Crippen molar-refractivity contribution in [2.75, 3.05) is 13.7 Å². The van der Waals surface area contributed by atoms with Gasteiger partial charge in [0.1, 0.15) is 5.01 Å². The molecule has 0 radical (unpaired) electrons. The van der Waals surface area contributed by atoms with Crippen LogP contribution >= 0.6 is 11.3 Å². The SMILES string of the molecule is CCCOCc1nc(COC)c(CNC(C)C)s1. The summed E-state index contributed by atoms with van der Waals surface area (Å²) in [5, 5.41) is 4.45. The number of hydrogen-bond donors (Lipinski definition) is 1. The molecular formula is C13H24N2O2S. The zero-order chi connectivity index (χ0) is 13.4. The van der Waals surface area contributed by atoms with Crippen LogP contribution in [-0.2, 0) is 29.2 Å². The highest BCUT2D eigenvalue weighted by Gasteiger charge is 2.11. The lowest BCUT2D eigenvalue weighted by Crippen LogP contribution is -2.21. The largest absolute Gasteiger partial charge is 0.378 e. The van der Waals surface area contributed by atoms with E-state index in [0.717, 1.165) is 30.3 Å². The Morgan fingerprint density at radius 2 is 2.11 bits per heavy atom. The van der Waals surface area contributed by atoms with Crippen LogP contribution in [-0.4, -0.2) is 24.7 Å². The van der Waals surface area contributed by atoms with Crippen LogP contribution in [0.1, 0.15) is 42.8 Å². The predicted octanol–water partition coefficient (Wildman–Crippen LogP) is 2.71. The Balaban J connectivity index is 2.61. The standard InChI is InChI=1S/C13H24N2O2S/c1-5-6-17-9-13-15-11(8-16-4)12(18-13)7-14-10(2)3/h10,14H,5-9H2,1-4H3. The molecule has 0 fully saturated rings. The number of ether oxygens (including phenoxy) is 2. The molecule has 0 saturated carbocycles. The van der Waals surface area contributed by atoms with Crippen molar-refractivity contribution in [3.05, 3.63) is 15.6 Å².